The summed E-state index contributed by atoms with van der Waals surface area (Å²) in [4.78, 5) is 21.6. The molecule has 7 nitrogen and oxygen atoms in total. The highest BCUT2D eigenvalue weighted by Crippen LogP contribution is 2.26. The molecule has 108 valence electrons. The number of nitrogens with one attached hydrogen (secondary N) is 1. The number of phenolic OH excluding ortho intramolecular Hbond substituents is 1. The lowest BCUT2D eigenvalue weighted by Gasteiger charge is -2.08. The van der Waals surface area contributed by atoms with Gasteiger partial charge in [-0.15, -0.1) is 0 Å². The summed E-state index contributed by atoms with van der Waals surface area (Å²) in [7, 11) is -3.47. The molecule has 1 amide bonds. The molecule has 1 rings (SSSR count). The Bertz CT molecular complexity index is 663. The van der Waals surface area contributed by atoms with E-state index < -0.39 is 21.7 Å². The number of carboxylic acid groups (broad SMARTS) is 1. The zero-order chi connectivity index (χ0) is 15.3. The minimum atomic E-state index is -3.47. The maximum absolute atomic E-state index is 11.7. The van der Waals surface area contributed by atoms with Crippen molar-refractivity contribution in [1.82, 2.24) is 0 Å². The number of anilines is 1. The van der Waals surface area contributed by atoms with Crippen molar-refractivity contribution in [3.8, 4) is 5.75 Å². The van der Waals surface area contributed by atoms with Gasteiger partial charge in [-0.25, -0.2) is 13.2 Å². The Hall–Kier alpha value is -2.35. The van der Waals surface area contributed by atoms with Gasteiger partial charge in [-0.05, 0) is 18.2 Å². The highest BCUT2D eigenvalue weighted by atomic mass is 32.2. The number of hydrogen-bond donors (Lipinski definition) is 3. The normalized spacial score (nSPS) is 11.4. The minimum Gasteiger partial charge on any atom is -0.506 e. The minimum absolute atomic E-state index is 0.0460. The van der Waals surface area contributed by atoms with Crippen LogP contribution in [0.4, 0.5) is 5.69 Å². The second kappa shape index (κ2) is 6.20. The maximum atomic E-state index is 11.7. The largest absolute Gasteiger partial charge is 0.506 e. The van der Waals surface area contributed by atoms with Crippen LogP contribution >= 0.6 is 0 Å². The van der Waals surface area contributed by atoms with E-state index in [1.807, 2.05) is 0 Å². The van der Waals surface area contributed by atoms with E-state index in [4.69, 9.17) is 5.11 Å². The Balaban J connectivity index is 3.04. The first-order chi connectivity index (χ1) is 9.26. The summed E-state index contributed by atoms with van der Waals surface area (Å²) >= 11 is 0. The average Bonchev–Trinajstić information content (AvgIpc) is 2.38. The van der Waals surface area contributed by atoms with Crippen LogP contribution in [0.3, 0.4) is 0 Å². The van der Waals surface area contributed by atoms with E-state index in [1.165, 1.54) is 13.0 Å². The molecule has 0 aliphatic heterocycles. The second-order valence-electron chi connectivity index (χ2n) is 3.74. The van der Waals surface area contributed by atoms with E-state index >= 15 is 0 Å². The van der Waals surface area contributed by atoms with Gasteiger partial charge in [0.05, 0.1) is 16.3 Å². The highest BCUT2D eigenvalue weighted by Gasteiger charge is 2.14. The molecule has 1 aromatic carbocycles. The third-order valence-electron chi connectivity index (χ3n) is 2.34. The molecule has 0 spiro atoms. The van der Waals surface area contributed by atoms with Gasteiger partial charge in [0, 0.05) is 12.2 Å². The number of amides is 1. The standard InChI is InChI=1S/C12H13NO6S/c1-2-20(18,19)8-3-4-10(14)9(7-8)13-11(15)5-6-12(16)17/h3-7,14H,2H2,1H3,(H,13,15)(H,16,17)/b6-5-. The molecule has 0 radical (unpaired) electrons. The topological polar surface area (TPSA) is 121 Å². The summed E-state index contributed by atoms with van der Waals surface area (Å²) in [6.45, 7) is 1.47. The summed E-state index contributed by atoms with van der Waals surface area (Å²) in [5.41, 5.74) is -0.112. The Morgan fingerprint density at radius 1 is 1.30 bits per heavy atom. The van der Waals surface area contributed by atoms with Crippen LogP contribution in [0.5, 0.6) is 5.75 Å². The van der Waals surface area contributed by atoms with E-state index in [1.54, 1.807) is 0 Å². The van der Waals surface area contributed by atoms with Crippen LogP contribution in [-0.2, 0) is 19.4 Å². The molecular formula is C12H13NO6S. The molecule has 0 atom stereocenters. The molecule has 0 fully saturated rings. The number of phenols is 1. The highest BCUT2D eigenvalue weighted by molar-refractivity contribution is 7.91. The number of rotatable bonds is 5. The van der Waals surface area contributed by atoms with Crippen LogP contribution in [0.25, 0.3) is 0 Å². The quantitative estimate of drug-likeness (QED) is 0.545. The number of sulfone groups is 1. The lowest BCUT2D eigenvalue weighted by Crippen LogP contribution is -2.10. The van der Waals surface area contributed by atoms with Gasteiger partial charge in [-0.2, -0.15) is 0 Å². The van der Waals surface area contributed by atoms with Crippen molar-refractivity contribution in [3.05, 3.63) is 30.4 Å². The first-order valence-corrected chi connectivity index (χ1v) is 7.19. The molecule has 8 heteroatoms. The van der Waals surface area contributed by atoms with Gasteiger partial charge in [0.2, 0.25) is 5.91 Å². The number of aliphatic carboxylic acids is 1. The van der Waals surface area contributed by atoms with Crippen LogP contribution in [0.1, 0.15) is 6.92 Å². The van der Waals surface area contributed by atoms with Crippen molar-refractivity contribution < 1.29 is 28.2 Å². The molecule has 0 bridgehead atoms. The lowest BCUT2D eigenvalue weighted by molar-refractivity contribution is -0.131. The fourth-order valence-electron chi connectivity index (χ4n) is 1.30. The zero-order valence-electron chi connectivity index (χ0n) is 10.5. The summed E-state index contributed by atoms with van der Waals surface area (Å²) in [6.07, 6.45) is 1.38. The van der Waals surface area contributed by atoms with Crippen LogP contribution in [0, 0.1) is 0 Å². The van der Waals surface area contributed by atoms with Crippen molar-refractivity contribution in [3.63, 3.8) is 0 Å². The molecule has 1 aromatic rings. The molecule has 0 aromatic heterocycles. The number of aromatic hydroxyl groups is 1. The molecule has 3 N–H and O–H groups in total. The van der Waals surface area contributed by atoms with E-state index in [9.17, 15) is 23.1 Å². The Labute approximate surface area is 115 Å². The number of carboxylic acids is 1. The van der Waals surface area contributed by atoms with Gasteiger partial charge < -0.3 is 15.5 Å². The Morgan fingerprint density at radius 3 is 2.50 bits per heavy atom. The molecule has 0 aliphatic carbocycles. The molecule has 0 unspecified atom stereocenters. The molecule has 0 heterocycles. The predicted octanol–water partition coefficient (Wildman–Crippen LogP) is 0.765. The van der Waals surface area contributed by atoms with Crippen molar-refractivity contribution in [2.24, 2.45) is 0 Å². The van der Waals surface area contributed by atoms with Crippen molar-refractivity contribution in [2.75, 3.05) is 11.1 Å². The van der Waals surface area contributed by atoms with Gasteiger partial charge in [0.15, 0.2) is 9.84 Å². The molecular weight excluding hydrogens is 286 g/mol. The van der Waals surface area contributed by atoms with Crippen molar-refractivity contribution in [2.45, 2.75) is 11.8 Å². The molecule has 20 heavy (non-hydrogen) atoms. The summed E-state index contributed by atoms with van der Waals surface area (Å²) in [5.74, 6) is -2.54. The van der Waals surface area contributed by atoms with Gasteiger partial charge in [0.1, 0.15) is 5.75 Å². The SMILES string of the molecule is CCS(=O)(=O)c1ccc(O)c(NC(=O)/C=C\C(=O)O)c1. The van der Waals surface area contributed by atoms with Crippen LogP contribution < -0.4 is 5.32 Å². The fourth-order valence-corrected chi connectivity index (χ4v) is 2.20. The van der Waals surface area contributed by atoms with E-state index in [0.717, 1.165) is 18.2 Å². The maximum Gasteiger partial charge on any atom is 0.328 e. The van der Waals surface area contributed by atoms with Gasteiger partial charge >= 0.3 is 5.97 Å². The summed E-state index contributed by atoms with van der Waals surface area (Å²) < 4.78 is 23.4. The number of carbonyl (C=O) groups excluding carboxylic acids is 1. The van der Waals surface area contributed by atoms with Gasteiger partial charge in [0.25, 0.3) is 0 Å². The van der Waals surface area contributed by atoms with Crippen LogP contribution in [-0.4, -0.2) is 36.3 Å². The Kier molecular flexibility index (Phi) is 4.87. The summed E-state index contributed by atoms with van der Waals surface area (Å²) in [5, 5.41) is 20.1. The van der Waals surface area contributed by atoms with Crippen molar-refractivity contribution >= 4 is 27.4 Å². The van der Waals surface area contributed by atoms with Crippen LogP contribution in [0.2, 0.25) is 0 Å². The lowest BCUT2D eigenvalue weighted by atomic mass is 10.3. The number of hydrogen-bond acceptors (Lipinski definition) is 5. The zero-order valence-corrected chi connectivity index (χ0v) is 11.3. The predicted molar refractivity (Wildman–Crippen MR) is 71.2 cm³/mol. The third-order valence-corrected chi connectivity index (χ3v) is 4.07. The first-order valence-electron chi connectivity index (χ1n) is 5.54. The van der Waals surface area contributed by atoms with Gasteiger partial charge in [-0.3, -0.25) is 4.79 Å². The first kappa shape index (κ1) is 15.7. The number of benzene rings is 1. The average molecular weight is 299 g/mol. The molecule has 0 saturated carbocycles. The van der Waals surface area contributed by atoms with Gasteiger partial charge in [-0.1, -0.05) is 6.92 Å². The Morgan fingerprint density at radius 2 is 1.95 bits per heavy atom. The number of carbonyl (C=O) groups is 2. The van der Waals surface area contributed by atoms with E-state index in [0.29, 0.717) is 6.08 Å². The summed E-state index contributed by atoms with van der Waals surface area (Å²) in [6, 6.07) is 3.47. The van der Waals surface area contributed by atoms with E-state index in [2.05, 4.69) is 5.32 Å². The fraction of sp³-hybridized carbons (Fsp3) is 0.167. The smallest absolute Gasteiger partial charge is 0.328 e. The van der Waals surface area contributed by atoms with Crippen LogP contribution in [0.15, 0.2) is 35.2 Å². The molecule has 0 saturated heterocycles. The van der Waals surface area contributed by atoms with Crippen molar-refractivity contribution in [1.29, 1.82) is 0 Å². The second-order valence-corrected chi connectivity index (χ2v) is 6.02. The monoisotopic (exact) mass is 299 g/mol. The third kappa shape index (κ3) is 4.09. The molecule has 0 aliphatic rings. The van der Waals surface area contributed by atoms with E-state index in [-0.39, 0.29) is 22.1 Å².